The maximum atomic E-state index is 5.82. The van der Waals surface area contributed by atoms with Crippen molar-refractivity contribution in [3.8, 4) is 0 Å². The van der Waals surface area contributed by atoms with Crippen LogP contribution in [-0.2, 0) is 6.42 Å². The summed E-state index contributed by atoms with van der Waals surface area (Å²) in [5.41, 5.74) is 1.18. The molecule has 0 aromatic carbocycles. The van der Waals surface area contributed by atoms with Crippen LogP contribution in [0.5, 0.6) is 0 Å². The summed E-state index contributed by atoms with van der Waals surface area (Å²) in [6.07, 6.45) is 6.56. The van der Waals surface area contributed by atoms with Crippen LogP contribution in [0.1, 0.15) is 38.7 Å². The fourth-order valence-electron chi connectivity index (χ4n) is 3.17. The van der Waals surface area contributed by atoms with E-state index in [0.29, 0.717) is 5.15 Å². The zero-order valence-electron chi connectivity index (χ0n) is 15.6. The van der Waals surface area contributed by atoms with Gasteiger partial charge in [0.1, 0.15) is 5.15 Å². The molecule has 1 aliphatic heterocycles. The lowest BCUT2D eigenvalue weighted by Gasteiger charge is -2.30. The van der Waals surface area contributed by atoms with E-state index in [-0.39, 0.29) is 0 Å². The van der Waals surface area contributed by atoms with E-state index < -0.39 is 0 Å². The van der Waals surface area contributed by atoms with Gasteiger partial charge in [-0.15, -0.1) is 0 Å². The lowest BCUT2D eigenvalue weighted by Crippen LogP contribution is -2.38. The third kappa shape index (κ3) is 7.61. The lowest BCUT2D eigenvalue weighted by molar-refractivity contribution is 0.188. The average molecular weight is 366 g/mol. The van der Waals surface area contributed by atoms with Gasteiger partial charge in [-0.25, -0.2) is 4.98 Å². The summed E-state index contributed by atoms with van der Waals surface area (Å²) >= 11 is 5.82. The lowest BCUT2D eigenvalue weighted by atomic mass is 9.94. The molecule has 1 aromatic rings. The highest BCUT2D eigenvalue weighted by Crippen LogP contribution is 2.20. The van der Waals surface area contributed by atoms with Crippen molar-refractivity contribution in [3.63, 3.8) is 0 Å². The average Bonchev–Trinajstić information content (AvgIpc) is 2.64. The number of piperidine rings is 1. The van der Waals surface area contributed by atoms with Crippen LogP contribution in [0, 0.1) is 5.92 Å². The van der Waals surface area contributed by atoms with Crippen molar-refractivity contribution >= 4 is 17.6 Å². The van der Waals surface area contributed by atoms with Crippen molar-refractivity contribution in [3.05, 3.63) is 29.0 Å². The van der Waals surface area contributed by atoms with E-state index in [0.717, 1.165) is 37.9 Å². The molecule has 6 heteroatoms. The van der Waals surface area contributed by atoms with Gasteiger partial charge in [0.05, 0.1) is 0 Å². The van der Waals surface area contributed by atoms with Crippen molar-refractivity contribution in [2.45, 2.75) is 39.5 Å². The molecule has 1 saturated heterocycles. The van der Waals surface area contributed by atoms with Crippen molar-refractivity contribution in [1.29, 1.82) is 0 Å². The summed E-state index contributed by atoms with van der Waals surface area (Å²) in [5.74, 6) is 1.74. The summed E-state index contributed by atoms with van der Waals surface area (Å²) in [6.45, 7) is 10.6. The molecule has 1 aromatic heterocycles. The van der Waals surface area contributed by atoms with Crippen LogP contribution in [0.3, 0.4) is 0 Å². The van der Waals surface area contributed by atoms with E-state index in [1.54, 1.807) is 0 Å². The zero-order chi connectivity index (χ0) is 17.9. The standard InChI is InChI=1S/C19H32ClN5/c1-3-21-19(23-12-8-17-5-6-18(20)24-15-17)22-11-7-16-9-13-25(4-2)14-10-16/h5-6,15-16H,3-4,7-14H2,1-2H3,(H2,21,22,23). The summed E-state index contributed by atoms with van der Waals surface area (Å²) in [4.78, 5) is 11.4. The molecule has 5 nitrogen and oxygen atoms in total. The number of halogens is 1. The molecule has 0 saturated carbocycles. The second-order valence-electron chi connectivity index (χ2n) is 6.59. The first-order valence-electron chi connectivity index (χ1n) is 9.56. The molecule has 1 fully saturated rings. The molecule has 0 aliphatic carbocycles. The van der Waals surface area contributed by atoms with Crippen molar-refractivity contribution in [2.75, 3.05) is 39.3 Å². The molecule has 140 valence electrons. The number of hydrogen-bond donors (Lipinski definition) is 2. The minimum absolute atomic E-state index is 0.538. The van der Waals surface area contributed by atoms with Crippen molar-refractivity contribution in [2.24, 2.45) is 10.9 Å². The van der Waals surface area contributed by atoms with Gasteiger partial charge >= 0.3 is 0 Å². The SMILES string of the molecule is CCNC(=NCCC1CCN(CC)CC1)NCCc1ccc(Cl)nc1. The van der Waals surface area contributed by atoms with Crippen LogP contribution in [-0.4, -0.2) is 55.1 Å². The molecule has 0 amide bonds. The highest BCUT2D eigenvalue weighted by Gasteiger charge is 2.17. The number of guanidine groups is 1. The Labute approximate surface area is 157 Å². The number of rotatable bonds is 8. The molecule has 25 heavy (non-hydrogen) atoms. The minimum Gasteiger partial charge on any atom is -0.357 e. The van der Waals surface area contributed by atoms with Gasteiger partial charge in [-0.1, -0.05) is 24.6 Å². The van der Waals surface area contributed by atoms with E-state index in [4.69, 9.17) is 16.6 Å². The second-order valence-corrected chi connectivity index (χ2v) is 6.98. The van der Waals surface area contributed by atoms with Crippen LogP contribution in [0.4, 0.5) is 0 Å². The van der Waals surface area contributed by atoms with Gasteiger partial charge in [-0.2, -0.15) is 0 Å². The number of pyridine rings is 1. The van der Waals surface area contributed by atoms with Gasteiger partial charge < -0.3 is 15.5 Å². The Hall–Kier alpha value is -1.33. The Kier molecular flexibility index (Phi) is 9.05. The molecular weight excluding hydrogens is 334 g/mol. The quantitative estimate of drug-likeness (QED) is 0.422. The first-order chi connectivity index (χ1) is 12.2. The molecule has 0 spiro atoms. The van der Waals surface area contributed by atoms with Gasteiger partial charge in [0, 0.05) is 25.8 Å². The Morgan fingerprint density at radius 3 is 2.72 bits per heavy atom. The predicted molar refractivity (Wildman–Crippen MR) is 106 cm³/mol. The van der Waals surface area contributed by atoms with E-state index >= 15 is 0 Å². The van der Waals surface area contributed by atoms with Crippen LogP contribution in [0.15, 0.2) is 23.3 Å². The molecule has 2 heterocycles. The molecule has 2 rings (SSSR count). The number of aliphatic imine (C=N–C) groups is 1. The molecule has 0 atom stereocenters. The largest absolute Gasteiger partial charge is 0.357 e. The number of hydrogen-bond acceptors (Lipinski definition) is 3. The van der Waals surface area contributed by atoms with Crippen LogP contribution in [0.2, 0.25) is 5.15 Å². The summed E-state index contributed by atoms with van der Waals surface area (Å²) < 4.78 is 0. The van der Waals surface area contributed by atoms with E-state index in [9.17, 15) is 0 Å². The van der Waals surface area contributed by atoms with E-state index in [2.05, 4.69) is 34.4 Å². The summed E-state index contributed by atoms with van der Waals surface area (Å²) in [6, 6.07) is 3.85. The summed E-state index contributed by atoms with van der Waals surface area (Å²) in [5, 5.41) is 7.27. The fourth-order valence-corrected chi connectivity index (χ4v) is 3.28. The number of nitrogens with zero attached hydrogens (tertiary/aromatic N) is 3. The summed E-state index contributed by atoms with van der Waals surface area (Å²) in [7, 11) is 0. The first-order valence-corrected chi connectivity index (χ1v) is 9.94. The number of likely N-dealkylation sites (tertiary alicyclic amines) is 1. The monoisotopic (exact) mass is 365 g/mol. The first kappa shape index (κ1) is 20.0. The van der Waals surface area contributed by atoms with Crippen LogP contribution in [0.25, 0.3) is 0 Å². The molecule has 1 aliphatic rings. The van der Waals surface area contributed by atoms with Crippen molar-refractivity contribution < 1.29 is 0 Å². The molecule has 0 radical (unpaired) electrons. The number of nitrogens with one attached hydrogen (secondary N) is 2. The van der Waals surface area contributed by atoms with Crippen LogP contribution < -0.4 is 10.6 Å². The number of aromatic nitrogens is 1. The molecular formula is C19H32ClN5. The Morgan fingerprint density at radius 1 is 1.28 bits per heavy atom. The van der Waals surface area contributed by atoms with E-state index in [1.165, 1.54) is 44.5 Å². The third-order valence-corrected chi connectivity index (χ3v) is 5.02. The minimum atomic E-state index is 0.538. The van der Waals surface area contributed by atoms with Crippen molar-refractivity contribution in [1.82, 2.24) is 20.5 Å². The smallest absolute Gasteiger partial charge is 0.191 e. The Balaban J connectivity index is 1.69. The second kappa shape index (κ2) is 11.3. The topological polar surface area (TPSA) is 52.6 Å². The maximum Gasteiger partial charge on any atom is 0.191 e. The fraction of sp³-hybridized carbons (Fsp3) is 0.684. The third-order valence-electron chi connectivity index (χ3n) is 4.80. The predicted octanol–water partition coefficient (Wildman–Crippen LogP) is 2.95. The highest BCUT2D eigenvalue weighted by atomic mass is 35.5. The zero-order valence-corrected chi connectivity index (χ0v) is 16.4. The van der Waals surface area contributed by atoms with E-state index in [1.807, 2.05) is 18.3 Å². The highest BCUT2D eigenvalue weighted by molar-refractivity contribution is 6.29. The molecule has 2 N–H and O–H groups in total. The van der Waals surface area contributed by atoms with Gasteiger partial charge in [-0.3, -0.25) is 4.99 Å². The Morgan fingerprint density at radius 2 is 2.08 bits per heavy atom. The maximum absolute atomic E-state index is 5.82. The normalized spacial score (nSPS) is 16.8. The Bertz CT molecular complexity index is 509. The van der Waals surface area contributed by atoms with Gasteiger partial charge in [0.25, 0.3) is 0 Å². The van der Waals surface area contributed by atoms with Gasteiger partial charge in [0.15, 0.2) is 5.96 Å². The van der Waals surface area contributed by atoms with Gasteiger partial charge in [0.2, 0.25) is 0 Å². The van der Waals surface area contributed by atoms with Crippen LogP contribution >= 0.6 is 11.6 Å². The molecule has 0 bridgehead atoms. The van der Waals surface area contributed by atoms with Gasteiger partial charge in [-0.05, 0) is 69.8 Å². The molecule has 0 unspecified atom stereocenters.